The lowest BCUT2D eigenvalue weighted by Crippen LogP contribution is -2.38. The molecule has 1 rings (SSSR count). The van der Waals surface area contributed by atoms with Gasteiger partial charge in [0.05, 0.1) is 23.9 Å². The second kappa shape index (κ2) is 4.68. The van der Waals surface area contributed by atoms with Crippen molar-refractivity contribution in [3.63, 3.8) is 0 Å². The molecule has 0 aliphatic carbocycles. The largest absolute Gasteiger partial charge is 0.468 e. The van der Waals surface area contributed by atoms with Crippen molar-refractivity contribution in [1.82, 2.24) is 4.72 Å². The van der Waals surface area contributed by atoms with Crippen LogP contribution in [0.1, 0.15) is 6.42 Å². The molecule has 1 aliphatic heterocycles. The third-order valence-electron chi connectivity index (χ3n) is 2.27. The Bertz CT molecular complexity index is 465. The van der Waals surface area contributed by atoms with Gasteiger partial charge in [-0.25, -0.2) is 21.6 Å². The molecule has 0 bridgehead atoms. The zero-order chi connectivity index (χ0) is 12.4. The SMILES string of the molecule is COC(=O)CNS(=O)(=O)C1CCS(=O)(=O)C1. The predicted octanol–water partition coefficient (Wildman–Crippen LogP) is -1.73. The number of carbonyl (C=O) groups excluding carboxylic acids is 1. The molecule has 9 heteroatoms. The third-order valence-corrected chi connectivity index (χ3v) is 6.08. The van der Waals surface area contributed by atoms with Crippen molar-refractivity contribution in [2.75, 3.05) is 25.2 Å². The van der Waals surface area contributed by atoms with Crippen molar-refractivity contribution in [1.29, 1.82) is 0 Å². The van der Waals surface area contributed by atoms with Gasteiger partial charge in [0.15, 0.2) is 9.84 Å². The van der Waals surface area contributed by atoms with Crippen LogP contribution in [0.5, 0.6) is 0 Å². The van der Waals surface area contributed by atoms with Gasteiger partial charge >= 0.3 is 5.97 Å². The molecule has 1 fully saturated rings. The first-order valence-electron chi connectivity index (χ1n) is 4.52. The molecule has 0 aromatic carbocycles. The van der Waals surface area contributed by atoms with Gasteiger partial charge in [0, 0.05) is 0 Å². The summed E-state index contributed by atoms with van der Waals surface area (Å²) in [6, 6.07) is 0. The summed E-state index contributed by atoms with van der Waals surface area (Å²) in [5.41, 5.74) is 0. The van der Waals surface area contributed by atoms with Gasteiger partial charge in [-0.2, -0.15) is 0 Å². The summed E-state index contributed by atoms with van der Waals surface area (Å²) in [6.07, 6.45) is 0.0683. The summed E-state index contributed by atoms with van der Waals surface area (Å²) in [7, 11) is -5.89. The van der Waals surface area contributed by atoms with Crippen LogP contribution in [0.25, 0.3) is 0 Å². The smallest absolute Gasteiger partial charge is 0.320 e. The van der Waals surface area contributed by atoms with Crippen LogP contribution in [0.2, 0.25) is 0 Å². The highest BCUT2D eigenvalue weighted by Crippen LogP contribution is 2.17. The van der Waals surface area contributed by atoms with Gasteiger partial charge in [0.1, 0.15) is 6.54 Å². The van der Waals surface area contributed by atoms with Crippen LogP contribution in [0.15, 0.2) is 0 Å². The van der Waals surface area contributed by atoms with Crippen molar-refractivity contribution in [3.05, 3.63) is 0 Å². The van der Waals surface area contributed by atoms with Crippen LogP contribution >= 0.6 is 0 Å². The molecule has 0 saturated carbocycles. The van der Waals surface area contributed by atoms with Crippen molar-refractivity contribution in [3.8, 4) is 0 Å². The second-order valence-electron chi connectivity index (χ2n) is 3.47. The number of rotatable bonds is 4. The fourth-order valence-corrected chi connectivity index (χ4v) is 5.37. The summed E-state index contributed by atoms with van der Waals surface area (Å²) in [5, 5.41) is -0.970. The molecule has 1 heterocycles. The normalized spacial score (nSPS) is 24.2. The predicted molar refractivity (Wildman–Crippen MR) is 56.0 cm³/mol. The highest BCUT2D eigenvalue weighted by molar-refractivity contribution is 7.95. The lowest BCUT2D eigenvalue weighted by atomic mass is 10.4. The highest BCUT2D eigenvalue weighted by atomic mass is 32.2. The standard InChI is InChI=1S/C7H13NO6S2/c1-14-7(9)4-8-16(12,13)6-2-3-15(10,11)5-6/h6,8H,2-5H2,1H3. The summed E-state index contributed by atoms with van der Waals surface area (Å²) < 4.78 is 51.6. The van der Waals surface area contributed by atoms with E-state index in [4.69, 9.17) is 0 Å². The van der Waals surface area contributed by atoms with Crippen molar-refractivity contribution < 1.29 is 26.4 Å². The summed E-state index contributed by atoms with van der Waals surface area (Å²) >= 11 is 0. The molecule has 1 N–H and O–H groups in total. The zero-order valence-corrected chi connectivity index (χ0v) is 10.3. The Kier molecular flexibility index (Phi) is 3.92. The number of hydrogen-bond donors (Lipinski definition) is 1. The van der Waals surface area contributed by atoms with E-state index < -0.39 is 37.6 Å². The molecule has 16 heavy (non-hydrogen) atoms. The maximum atomic E-state index is 11.6. The average molecular weight is 271 g/mol. The number of sulfone groups is 1. The summed E-state index contributed by atoms with van der Waals surface area (Å²) in [5.74, 6) is -1.23. The quantitative estimate of drug-likeness (QED) is 0.609. The van der Waals surface area contributed by atoms with E-state index in [0.717, 1.165) is 7.11 Å². The van der Waals surface area contributed by atoms with Gasteiger partial charge in [0.2, 0.25) is 10.0 Å². The van der Waals surface area contributed by atoms with Crippen molar-refractivity contribution >= 4 is 25.8 Å². The summed E-state index contributed by atoms with van der Waals surface area (Å²) in [6.45, 7) is -0.477. The topological polar surface area (TPSA) is 107 Å². The molecular formula is C7H13NO6S2. The van der Waals surface area contributed by atoms with Crippen LogP contribution in [0, 0.1) is 0 Å². The average Bonchev–Trinajstić information content (AvgIpc) is 2.56. The molecular weight excluding hydrogens is 258 g/mol. The molecule has 1 unspecified atom stereocenters. The zero-order valence-electron chi connectivity index (χ0n) is 8.67. The summed E-state index contributed by atoms with van der Waals surface area (Å²) in [4.78, 5) is 10.7. The fraction of sp³-hybridized carbons (Fsp3) is 0.857. The van der Waals surface area contributed by atoms with Gasteiger partial charge in [-0.3, -0.25) is 4.79 Å². The number of carbonyl (C=O) groups is 1. The molecule has 1 atom stereocenters. The Morgan fingerprint density at radius 1 is 1.50 bits per heavy atom. The van der Waals surface area contributed by atoms with Crippen LogP contribution in [0.3, 0.4) is 0 Å². The Hall–Kier alpha value is -0.670. The van der Waals surface area contributed by atoms with Crippen LogP contribution in [-0.4, -0.2) is 53.2 Å². The lowest BCUT2D eigenvalue weighted by molar-refractivity contribution is -0.139. The molecule has 1 saturated heterocycles. The molecule has 0 aromatic rings. The molecule has 0 radical (unpaired) electrons. The van der Waals surface area contributed by atoms with Crippen LogP contribution in [0.4, 0.5) is 0 Å². The number of sulfonamides is 1. The first-order chi connectivity index (χ1) is 7.27. The molecule has 1 aliphatic rings. The minimum atomic E-state index is -3.77. The molecule has 0 aromatic heterocycles. The van der Waals surface area contributed by atoms with E-state index >= 15 is 0 Å². The fourth-order valence-electron chi connectivity index (χ4n) is 1.36. The third kappa shape index (κ3) is 3.42. The van der Waals surface area contributed by atoms with Crippen molar-refractivity contribution in [2.45, 2.75) is 11.7 Å². The van der Waals surface area contributed by atoms with Crippen LogP contribution in [-0.2, 0) is 29.4 Å². The van der Waals surface area contributed by atoms with Gasteiger partial charge in [-0.15, -0.1) is 0 Å². The van der Waals surface area contributed by atoms with Gasteiger partial charge in [-0.1, -0.05) is 0 Å². The number of hydrogen-bond acceptors (Lipinski definition) is 6. The van der Waals surface area contributed by atoms with Crippen molar-refractivity contribution in [2.24, 2.45) is 0 Å². The van der Waals surface area contributed by atoms with E-state index in [0.29, 0.717) is 0 Å². The maximum Gasteiger partial charge on any atom is 0.320 e. The first kappa shape index (κ1) is 13.4. The number of nitrogens with one attached hydrogen (secondary N) is 1. The minimum Gasteiger partial charge on any atom is -0.468 e. The van der Waals surface area contributed by atoms with Crippen LogP contribution < -0.4 is 4.72 Å². The molecule has 94 valence electrons. The Labute approximate surface area is 94.1 Å². The van der Waals surface area contributed by atoms with E-state index in [9.17, 15) is 21.6 Å². The van der Waals surface area contributed by atoms with Gasteiger partial charge < -0.3 is 4.74 Å². The Balaban J connectivity index is 2.62. The molecule has 0 spiro atoms. The Morgan fingerprint density at radius 2 is 2.12 bits per heavy atom. The van der Waals surface area contributed by atoms with Gasteiger partial charge in [0.25, 0.3) is 0 Å². The van der Waals surface area contributed by atoms with E-state index in [1.165, 1.54) is 0 Å². The minimum absolute atomic E-state index is 0.0683. The van der Waals surface area contributed by atoms with E-state index in [2.05, 4.69) is 4.74 Å². The van der Waals surface area contributed by atoms with Gasteiger partial charge in [-0.05, 0) is 6.42 Å². The highest BCUT2D eigenvalue weighted by Gasteiger charge is 2.37. The van der Waals surface area contributed by atoms with E-state index in [1.807, 2.05) is 4.72 Å². The lowest BCUT2D eigenvalue weighted by Gasteiger charge is -2.10. The number of methoxy groups -OCH3 is 1. The van der Waals surface area contributed by atoms with E-state index in [1.54, 1.807) is 0 Å². The molecule has 7 nitrogen and oxygen atoms in total. The Morgan fingerprint density at radius 3 is 2.56 bits per heavy atom. The number of esters is 1. The maximum absolute atomic E-state index is 11.6. The number of ether oxygens (including phenoxy) is 1. The molecule has 0 amide bonds. The monoisotopic (exact) mass is 271 g/mol. The second-order valence-corrected chi connectivity index (χ2v) is 7.74. The first-order valence-corrected chi connectivity index (χ1v) is 7.89. The van der Waals surface area contributed by atoms with E-state index in [-0.39, 0.29) is 17.9 Å².